The zero-order chi connectivity index (χ0) is 14.5. The van der Waals surface area contributed by atoms with E-state index >= 15 is 0 Å². The second-order valence-electron chi connectivity index (χ2n) is 4.42. The first-order valence-electron chi connectivity index (χ1n) is 6.14. The van der Waals surface area contributed by atoms with E-state index in [9.17, 15) is 20.0 Å². The monoisotopic (exact) mass is 266 g/mol. The Morgan fingerprint density at radius 3 is 2.47 bits per heavy atom. The second-order valence-corrected chi connectivity index (χ2v) is 4.42. The summed E-state index contributed by atoms with van der Waals surface area (Å²) in [6.45, 7) is 3.68. The first kappa shape index (κ1) is 15.1. The lowest BCUT2D eigenvalue weighted by atomic mass is 9.93. The highest BCUT2D eigenvalue weighted by atomic mass is 16.6. The minimum absolute atomic E-state index is 0.118. The predicted molar refractivity (Wildman–Crippen MR) is 72.5 cm³/mol. The zero-order valence-electron chi connectivity index (χ0n) is 11.0. The number of carbonyl (C=O) groups is 1. The van der Waals surface area contributed by atoms with Gasteiger partial charge in [0, 0.05) is 11.6 Å². The van der Waals surface area contributed by atoms with E-state index in [1.165, 1.54) is 18.2 Å². The summed E-state index contributed by atoms with van der Waals surface area (Å²) in [7, 11) is 0. The molecule has 1 rings (SSSR count). The van der Waals surface area contributed by atoms with Crippen LogP contribution >= 0.6 is 0 Å². The average molecular weight is 266 g/mol. The number of rotatable bonds is 7. The lowest BCUT2D eigenvalue weighted by molar-refractivity contribution is -0.384. The molecule has 0 unspecified atom stereocenters. The summed E-state index contributed by atoms with van der Waals surface area (Å²) in [4.78, 5) is 21.2. The van der Waals surface area contributed by atoms with Crippen LogP contribution in [0.4, 0.5) is 11.4 Å². The Balaban J connectivity index is 3.19. The predicted octanol–water partition coefficient (Wildman–Crippen LogP) is 2.37. The van der Waals surface area contributed by atoms with Crippen LogP contribution < -0.4 is 5.32 Å². The molecule has 6 heteroatoms. The van der Waals surface area contributed by atoms with Gasteiger partial charge in [-0.05, 0) is 25.0 Å². The summed E-state index contributed by atoms with van der Waals surface area (Å²) in [6.07, 6.45) is 1.83. The standard InChI is InChI=1S/C13H18N2O4/c1-3-13(4-2,9-17)14-11-6-5-10(8-16)7-12(11)15(18)19/h5-8,14,17H,3-4,9H2,1-2H3. The van der Waals surface area contributed by atoms with Gasteiger partial charge in [-0.25, -0.2) is 0 Å². The minimum atomic E-state index is -0.590. The largest absolute Gasteiger partial charge is 0.394 e. The van der Waals surface area contributed by atoms with Gasteiger partial charge in [-0.2, -0.15) is 0 Å². The fourth-order valence-corrected chi connectivity index (χ4v) is 1.85. The van der Waals surface area contributed by atoms with E-state index in [4.69, 9.17) is 0 Å². The van der Waals surface area contributed by atoms with Crippen LogP contribution in [0.15, 0.2) is 18.2 Å². The quantitative estimate of drug-likeness (QED) is 0.449. The Morgan fingerprint density at radius 1 is 1.42 bits per heavy atom. The minimum Gasteiger partial charge on any atom is -0.394 e. The zero-order valence-corrected chi connectivity index (χ0v) is 11.0. The molecule has 0 saturated heterocycles. The molecule has 0 fully saturated rings. The van der Waals surface area contributed by atoms with E-state index in [1.807, 2.05) is 13.8 Å². The molecule has 0 bridgehead atoms. The van der Waals surface area contributed by atoms with Gasteiger partial charge in [-0.15, -0.1) is 0 Å². The fourth-order valence-electron chi connectivity index (χ4n) is 1.85. The van der Waals surface area contributed by atoms with E-state index in [0.29, 0.717) is 24.8 Å². The first-order chi connectivity index (χ1) is 9.01. The molecule has 19 heavy (non-hydrogen) atoms. The van der Waals surface area contributed by atoms with Gasteiger partial charge < -0.3 is 10.4 Å². The number of anilines is 1. The third-order valence-corrected chi connectivity index (χ3v) is 3.41. The Morgan fingerprint density at radius 2 is 2.05 bits per heavy atom. The van der Waals surface area contributed by atoms with Gasteiger partial charge in [0.15, 0.2) is 0 Å². The third-order valence-electron chi connectivity index (χ3n) is 3.41. The van der Waals surface area contributed by atoms with Crippen molar-refractivity contribution in [1.29, 1.82) is 0 Å². The van der Waals surface area contributed by atoms with Gasteiger partial charge in [0.05, 0.1) is 17.1 Å². The molecule has 0 atom stereocenters. The lowest BCUT2D eigenvalue weighted by Gasteiger charge is -2.31. The molecule has 0 aromatic heterocycles. The molecule has 1 aromatic rings. The van der Waals surface area contributed by atoms with Crippen LogP contribution in [0.25, 0.3) is 0 Å². The number of hydrogen-bond acceptors (Lipinski definition) is 5. The molecular weight excluding hydrogens is 248 g/mol. The number of benzene rings is 1. The third kappa shape index (κ3) is 3.29. The molecule has 1 aromatic carbocycles. The lowest BCUT2D eigenvalue weighted by Crippen LogP contribution is -2.41. The topological polar surface area (TPSA) is 92.5 Å². The summed E-state index contributed by atoms with van der Waals surface area (Å²) in [5.74, 6) is 0. The molecule has 0 radical (unpaired) electrons. The van der Waals surface area contributed by atoms with Crippen LogP contribution in [-0.4, -0.2) is 28.5 Å². The van der Waals surface area contributed by atoms with Crippen LogP contribution in [0.5, 0.6) is 0 Å². The number of nitrogens with zero attached hydrogens (tertiary/aromatic N) is 1. The van der Waals surface area contributed by atoms with E-state index < -0.39 is 10.5 Å². The van der Waals surface area contributed by atoms with Crippen molar-refractivity contribution >= 4 is 17.7 Å². The van der Waals surface area contributed by atoms with Gasteiger partial charge in [-0.3, -0.25) is 14.9 Å². The number of aliphatic hydroxyl groups excluding tert-OH is 1. The Labute approximate surface area is 111 Å². The summed E-state index contributed by atoms with van der Waals surface area (Å²) in [5, 5.41) is 23.5. The van der Waals surface area contributed by atoms with Crippen molar-refractivity contribution in [3.05, 3.63) is 33.9 Å². The van der Waals surface area contributed by atoms with E-state index in [-0.39, 0.29) is 17.9 Å². The number of aldehydes is 1. The summed E-state index contributed by atoms with van der Waals surface area (Å²) >= 11 is 0. The van der Waals surface area contributed by atoms with Crippen molar-refractivity contribution in [3.63, 3.8) is 0 Å². The number of hydrogen-bond donors (Lipinski definition) is 2. The van der Waals surface area contributed by atoms with E-state index in [0.717, 1.165) is 0 Å². The van der Waals surface area contributed by atoms with E-state index in [2.05, 4.69) is 5.32 Å². The maximum Gasteiger partial charge on any atom is 0.293 e. The Hall–Kier alpha value is -1.95. The fraction of sp³-hybridized carbons (Fsp3) is 0.462. The van der Waals surface area contributed by atoms with Crippen molar-refractivity contribution in [2.75, 3.05) is 11.9 Å². The SMILES string of the molecule is CCC(CC)(CO)Nc1ccc(C=O)cc1[N+](=O)[O-]. The van der Waals surface area contributed by atoms with Crippen molar-refractivity contribution in [2.24, 2.45) is 0 Å². The number of nitro benzene ring substituents is 1. The number of nitro groups is 1. The van der Waals surface area contributed by atoms with Gasteiger partial charge >= 0.3 is 0 Å². The van der Waals surface area contributed by atoms with Crippen LogP contribution in [-0.2, 0) is 0 Å². The number of nitrogens with one attached hydrogen (secondary N) is 1. The van der Waals surface area contributed by atoms with Gasteiger partial charge in [-0.1, -0.05) is 13.8 Å². The summed E-state index contributed by atoms with van der Waals surface area (Å²) in [5.41, 5.74) is -0.189. The molecular formula is C13H18N2O4. The molecule has 0 aliphatic heterocycles. The molecule has 0 spiro atoms. The smallest absolute Gasteiger partial charge is 0.293 e. The normalized spacial score (nSPS) is 11.1. The average Bonchev–Trinajstić information content (AvgIpc) is 2.45. The maximum absolute atomic E-state index is 11.0. The number of carbonyl (C=O) groups excluding carboxylic acids is 1. The summed E-state index contributed by atoms with van der Waals surface area (Å²) < 4.78 is 0. The van der Waals surface area contributed by atoms with Crippen LogP contribution in [0.1, 0.15) is 37.0 Å². The van der Waals surface area contributed by atoms with Crippen molar-refractivity contribution in [2.45, 2.75) is 32.2 Å². The summed E-state index contributed by atoms with van der Waals surface area (Å²) in [6, 6.07) is 4.23. The Bertz CT molecular complexity index is 461. The van der Waals surface area contributed by atoms with Gasteiger partial charge in [0.1, 0.15) is 12.0 Å². The molecule has 104 valence electrons. The van der Waals surface area contributed by atoms with Gasteiger partial charge in [0.2, 0.25) is 0 Å². The molecule has 0 saturated carbocycles. The van der Waals surface area contributed by atoms with Crippen molar-refractivity contribution in [1.82, 2.24) is 0 Å². The Kier molecular flexibility index (Phi) is 5.00. The van der Waals surface area contributed by atoms with Crippen LogP contribution in [0, 0.1) is 10.1 Å². The molecule has 2 N–H and O–H groups in total. The first-order valence-corrected chi connectivity index (χ1v) is 6.14. The van der Waals surface area contributed by atoms with Crippen molar-refractivity contribution < 1.29 is 14.8 Å². The molecule has 0 aliphatic carbocycles. The second kappa shape index (κ2) is 6.29. The molecule has 6 nitrogen and oxygen atoms in total. The highest BCUT2D eigenvalue weighted by molar-refractivity contribution is 5.79. The highest BCUT2D eigenvalue weighted by Gasteiger charge is 2.28. The highest BCUT2D eigenvalue weighted by Crippen LogP contribution is 2.30. The van der Waals surface area contributed by atoms with Crippen molar-refractivity contribution in [3.8, 4) is 0 Å². The molecule has 0 heterocycles. The molecule has 0 aliphatic rings. The molecule has 0 amide bonds. The van der Waals surface area contributed by atoms with Gasteiger partial charge in [0.25, 0.3) is 5.69 Å². The van der Waals surface area contributed by atoms with E-state index in [1.54, 1.807) is 0 Å². The van der Waals surface area contributed by atoms with Crippen LogP contribution in [0.2, 0.25) is 0 Å². The maximum atomic E-state index is 11.0. The number of aliphatic hydroxyl groups is 1. The van der Waals surface area contributed by atoms with Crippen LogP contribution in [0.3, 0.4) is 0 Å².